The van der Waals surface area contributed by atoms with Crippen LogP contribution in [-0.2, 0) is 9.84 Å². The smallest absolute Gasteiger partial charge is 0.176 e. The lowest BCUT2D eigenvalue weighted by Crippen LogP contribution is -2.00. The van der Waals surface area contributed by atoms with Gasteiger partial charge in [0.1, 0.15) is 0 Å². The topological polar surface area (TPSA) is 34.1 Å². The van der Waals surface area contributed by atoms with Crippen LogP contribution in [0.5, 0.6) is 0 Å². The third-order valence-corrected chi connectivity index (χ3v) is 4.47. The van der Waals surface area contributed by atoms with Gasteiger partial charge in [-0.25, -0.2) is 8.42 Å². The van der Waals surface area contributed by atoms with Gasteiger partial charge in [-0.05, 0) is 18.2 Å². The first kappa shape index (κ1) is 13.6. The molecule has 0 bridgehead atoms. The Morgan fingerprint density at radius 2 is 1.72 bits per heavy atom. The van der Waals surface area contributed by atoms with Gasteiger partial charge in [0.05, 0.1) is 4.90 Å². The predicted molar refractivity (Wildman–Crippen MR) is 77.7 cm³/mol. The molecule has 2 rings (SSSR count). The molecule has 2 nitrogen and oxygen atoms in total. The molecule has 94 valence electrons. The summed E-state index contributed by atoms with van der Waals surface area (Å²) in [6.45, 7) is 0. The SMILES string of the molecule is CS(=O)(=O)c1cc(Br)ccc1-c1ccccc1Cl. The van der Waals surface area contributed by atoms with Crippen LogP contribution >= 0.6 is 27.5 Å². The Hall–Kier alpha value is -0.840. The monoisotopic (exact) mass is 344 g/mol. The van der Waals surface area contributed by atoms with Crippen molar-refractivity contribution in [2.45, 2.75) is 4.90 Å². The number of hydrogen-bond donors (Lipinski definition) is 0. The van der Waals surface area contributed by atoms with Crippen molar-refractivity contribution in [2.24, 2.45) is 0 Å². The van der Waals surface area contributed by atoms with Gasteiger partial charge in [0.25, 0.3) is 0 Å². The van der Waals surface area contributed by atoms with Crippen LogP contribution in [0, 0.1) is 0 Å². The van der Waals surface area contributed by atoms with Gasteiger partial charge in [0, 0.05) is 26.9 Å². The van der Waals surface area contributed by atoms with Crippen LogP contribution in [-0.4, -0.2) is 14.7 Å². The average molecular weight is 346 g/mol. The van der Waals surface area contributed by atoms with Crippen molar-refractivity contribution in [1.82, 2.24) is 0 Å². The quantitative estimate of drug-likeness (QED) is 0.818. The van der Waals surface area contributed by atoms with E-state index >= 15 is 0 Å². The number of halogens is 2. The van der Waals surface area contributed by atoms with E-state index in [4.69, 9.17) is 11.6 Å². The van der Waals surface area contributed by atoms with Crippen LogP contribution in [0.15, 0.2) is 51.8 Å². The van der Waals surface area contributed by atoms with Gasteiger partial charge >= 0.3 is 0 Å². The lowest BCUT2D eigenvalue weighted by Gasteiger charge is -2.10. The molecule has 2 aromatic rings. The van der Waals surface area contributed by atoms with E-state index in [1.54, 1.807) is 30.3 Å². The van der Waals surface area contributed by atoms with Crippen molar-refractivity contribution >= 4 is 37.4 Å². The van der Waals surface area contributed by atoms with Gasteiger partial charge in [0.2, 0.25) is 0 Å². The summed E-state index contributed by atoms with van der Waals surface area (Å²) in [7, 11) is -3.31. The second-order valence-electron chi connectivity index (χ2n) is 3.89. The van der Waals surface area contributed by atoms with E-state index in [1.807, 2.05) is 12.1 Å². The maximum Gasteiger partial charge on any atom is 0.176 e. The van der Waals surface area contributed by atoms with Gasteiger partial charge in [-0.3, -0.25) is 0 Å². The highest BCUT2D eigenvalue weighted by atomic mass is 79.9. The van der Waals surface area contributed by atoms with E-state index in [0.29, 0.717) is 16.1 Å². The molecule has 0 unspecified atom stereocenters. The maximum atomic E-state index is 11.8. The summed E-state index contributed by atoms with van der Waals surface area (Å²) in [5.74, 6) is 0. The largest absolute Gasteiger partial charge is 0.224 e. The van der Waals surface area contributed by atoms with Crippen molar-refractivity contribution in [2.75, 3.05) is 6.26 Å². The molecule has 0 fully saturated rings. The highest BCUT2D eigenvalue weighted by Crippen LogP contribution is 2.34. The molecule has 0 aromatic heterocycles. The predicted octanol–water partition coefficient (Wildman–Crippen LogP) is 4.17. The molecule has 0 aliphatic heterocycles. The first-order valence-corrected chi connectivity index (χ1v) is 8.20. The molecule has 0 radical (unpaired) electrons. The summed E-state index contributed by atoms with van der Waals surface area (Å²) in [5, 5.41) is 0.532. The molecular formula is C13H10BrClO2S. The Morgan fingerprint density at radius 3 is 2.33 bits per heavy atom. The highest BCUT2D eigenvalue weighted by Gasteiger charge is 2.16. The first-order valence-electron chi connectivity index (χ1n) is 5.14. The zero-order chi connectivity index (χ0) is 13.3. The zero-order valence-corrected chi connectivity index (χ0v) is 12.7. The zero-order valence-electron chi connectivity index (χ0n) is 9.52. The molecular weight excluding hydrogens is 336 g/mol. The van der Waals surface area contributed by atoms with Crippen LogP contribution in [0.25, 0.3) is 11.1 Å². The summed E-state index contributed by atoms with van der Waals surface area (Å²) in [6.07, 6.45) is 1.19. The third kappa shape index (κ3) is 2.76. The van der Waals surface area contributed by atoms with Crippen LogP contribution in [0.2, 0.25) is 5.02 Å². The molecule has 0 saturated heterocycles. The van der Waals surface area contributed by atoms with E-state index in [0.717, 1.165) is 4.47 Å². The van der Waals surface area contributed by atoms with E-state index in [1.165, 1.54) is 6.26 Å². The second kappa shape index (κ2) is 5.03. The molecule has 0 N–H and O–H groups in total. The fourth-order valence-corrected chi connectivity index (χ4v) is 3.37. The molecule has 0 atom stereocenters. The van der Waals surface area contributed by atoms with Crippen molar-refractivity contribution in [3.8, 4) is 11.1 Å². The fraction of sp³-hybridized carbons (Fsp3) is 0.0769. The minimum absolute atomic E-state index is 0.268. The van der Waals surface area contributed by atoms with Crippen molar-refractivity contribution in [1.29, 1.82) is 0 Å². The molecule has 18 heavy (non-hydrogen) atoms. The summed E-state index contributed by atoms with van der Waals surface area (Å²) in [6, 6.07) is 12.3. The van der Waals surface area contributed by atoms with Crippen molar-refractivity contribution < 1.29 is 8.42 Å². The summed E-state index contributed by atoms with van der Waals surface area (Å²) < 4.78 is 24.4. The Bertz CT molecular complexity index is 696. The average Bonchev–Trinajstić information content (AvgIpc) is 2.29. The number of rotatable bonds is 2. The van der Waals surface area contributed by atoms with Crippen molar-refractivity contribution in [3.05, 3.63) is 52.0 Å². The van der Waals surface area contributed by atoms with E-state index in [2.05, 4.69) is 15.9 Å². The van der Waals surface area contributed by atoms with Crippen LogP contribution < -0.4 is 0 Å². The van der Waals surface area contributed by atoms with Crippen molar-refractivity contribution in [3.63, 3.8) is 0 Å². The second-order valence-corrected chi connectivity index (χ2v) is 7.20. The Balaban J connectivity index is 2.77. The standard InChI is InChI=1S/C13H10BrClO2S/c1-18(16,17)13-8-9(14)6-7-11(13)10-4-2-3-5-12(10)15/h2-8H,1H3. The third-order valence-electron chi connectivity index (χ3n) is 2.51. The minimum atomic E-state index is -3.31. The number of benzene rings is 2. The summed E-state index contributed by atoms with van der Waals surface area (Å²) in [4.78, 5) is 0.268. The Kier molecular flexibility index (Phi) is 3.80. The molecule has 0 saturated carbocycles. The molecule has 5 heteroatoms. The van der Waals surface area contributed by atoms with E-state index in [-0.39, 0.29) is 4.90 Å². The molecule has 0 amide bonds. The maximum absolute atomic E-state index is 11.8. The highest BCUT2D eigenvalue weighted by molar-refractivity contribution is 9.10. The van der Waals surface area contributed by atoms with Gasteiger partial charge in [-0.15, -0.1) is 0 Å². The van der Waals surface area contributed by atoms with E-state index < -0.39 is 9.84 Å². The summed E-state index contributed by atoms with van der Waals surface area (Å²) >= 11 is 9.40. The van der Waals surface area contributed by atoms with Gasteiger partial charge in [0.15, 0.2) is 9.84 Å². The van der Waals surface area contributed by atoms with E-state index in [9.17, 15) is 8.42 Å². The molecule has 0 aliphatic carbocycles. The number of sulfone groups is 1. The molecule has 0 heterocycles. The molecule has 2 aromatic carbocycles. The Morgan fingerprint density at radius 1 is 1.06 bits per heavy atom. The first-order chi connectivity index (χ1) is 8.39. The van der Waals surface area contributed by atoms with Gasteiger partial charge in [-0.2, -0.15) is 0 Å². The van der Waals surface area contributed by atoms with Crippen LogP contribution in [0.3, 0.4) is 0 Å². The fourth-order valence-electron chi connectivity index (χ4n) is 1.71. The van der Waals surface area contributed by atoms with Gasteiger partial charge < -0.3 is 0 Å². The normalized spacial score (nSPS) is 11.5. The molecule has 0 spiro atoms. The van der Waals surface area contributed by atoms with Crippen LogP contribution in [0.4, 0.5) is 0 Å². The lowest BCUT2D eigenvalue weighted by molar-refractivity contribution is 0.602. The number of hydrogen-bond acceptors (Lipinski definition) is 2. The minimum Gasteiger partial charge on any atom is -0.224 e. The van der Waals surface area contributed by atoms with Crippen LogP contribution in [0.1, 0.15) is 0 Å². The Labute approximate surface area is 120 Å². The van der Waals surface area contributed by atoms with Gasteiger partial charge in [-0.1, -0.05) is 51.8 Å². The lowest BCUT2D eigenvalue weighted by atomic mass is 10.1. The molecule has 0 aliphatic rings. The summed E-state index contributed by atoms with van der Waals surface area (Å²) in [5.41, 5.74) is 1.33.